The monoisotopic (exact) mass is 523 g/mol. The Morgan fingerprint density at radius 1 is 1.14 bits per heavy atom. The topological polar surface area (TPSA) is 94.8 Å². The largest absolute Gasteiger partial charge is 0.598 e. The summed E-state index contributed by atoms with van der Waals surface area (Å²) in [4.78, 5) is 11.2. The molecule has 0 radical (unpaired) electrons. The van der Waals surface area contributed by atoms with Gasteiger partial charge in [-0.2, -0.15) is 0 Å². The van der Waals surface area contributed by atoms with Crippen molar-refractivity contribution >= 4 is 28.3 Å². The van der Waals surface area contributed by atoms with Gasteiger partial charge in [0.15, 0.2) is 0 Å². The fraction of sp³-hybridized carbons (Fsp3) is 0.276. The van der Waals surface area contributed by atoms with Crippen molar-refractivity contribution in [1.82, 2.24) is 4.72 Å². The molecule has 1 heterocycles. The van der Waals surface area contributed by atoms with Crippen LogP contribution < -0.4 is 9.46 Å². The van der Waals surface area contributed by atoms with Crippen LogP contribution in [0.4, 0.5) is 4.39 Å². The van der Waals surface area contributed by atoms with Crippen LogP contribution in [0.2, 0.25) is 0 Å². The van der Waals surface area contributed by atoms with Crippen molar-refractivity contribution in [2.24, 2.45) is 0 Å². The van der Waals surface area contributed by atoms with Gasteiger partial charge in [-0.25, -0.2) is 4.39 Å². The first-order chi connectivity index (χ1) is 17.7. The van der Waals surface area contributed by atoms with Gasteiger partial charge < -0.3 is 18.8 Å². The van der Waals surface area contributed by atoms with Crippen LogP contribution in [0.25, 0.3) is 22.1 Å². The quantitative estimate of drug-likeness (QED) is 0.235. The molecule has 0 amide bonds. The Labute approximate surface area is 218 Å². The number of hydrogen-bond donors (Lipinski definition) is 2. The van der Waals surface area contributed by atoms with Gasteiger partial charge in [0.1, 0.15) is 35.4 Å². The molecule has 0 spiro atoms. The molecule has 194 valence electrons. The second-order valence-corrected chi connectivity index (χ2v) is 11.8. The number of rotatable bonds is 10. The molecule has 4 aromatic rings. The van der Waals surface area contributed by atoms with Crippen molar-refractivity contribution in [3.8, 4) is 16.9 Å². The molecule has 0 fully saturated rings. The molecule has 0 bridgehead atoms. The van der Waals surface area contributed by atoms with E-state index in [9.17, 15) is 18.8 Å². The van der Waals surface area contributed by atoms with Gasteiger partial charge in [0.05, 0.1) is 12.7 Å². The molecule has 2 atom stereocenters. The molecular weight excluding hydrogens is 493 g/mol. The van der Waals surface area contributed by atoms with E-state index >= 15 is 0 Å². The first-order valence-corrected chi connectivity index (χ1v) is 13.1. The minimum absolute atomic E-state index is 0.126. The van der Waals surface area contributed by atoms with Crippen molar-refractivity contribution in [1.29, 1.82) is 0 Å². The van der Waals surface area contributed by atoms with E-state index in [4.69, 9.17) is 9.15 Å². The number of carbonyl (C=O) groups is 1. The lowest BCUT2D eigenvalue weighted by Crippen LogP contribution is -2.41. The lowest BCUT2D eigenvalue weighted by Gasteiger charge is -2.27. The fourth-order valence-corrected chi connectivity index (χ4v) is 4.79. The first-order valence-electron chi connectivity index (χ1n) is 11.9. The Morgan fingerprint density at radius 2 is 1.92 bits per heavy atom. The Kier molecular flexibility index (Phi) is 8.22. The minimum Gasteiger partial charge on any atom is -0.598 e. The normalized spacial score (nSPS) is 13.4. The maximum Gasteiger partial charge on any atom is 0.307 e. The highest BCUT2D eigenvalue weighted by molar-refractivity contribution is 7.90. The molecule has 3 aromatic carbocycles. The molecule has 4 rings (SSSR count). The summed E-state index contributed by atoms with van der Waals surface area (Å²) >= 11 is -1.43. The molecule has 8 heteroatoms. The smallest absolute Gasteiger partial charge is 0.307 e. The highest BCUT2D eigenvalue weighted by Crippen LogP contribution is 2.33. The van der Waals surface area contributed by atoms with Crippen molar-refractivity contribution in [3.05, 3.63) is 89.7 Å². The number of benzene rings is 3. The van der Waals surface area contributed by atoms with Gasteiger partial charge in [0.2, 0.25) is 0 Å². The SMILES string of the molecule is CC(C)(C)[S+]([O-])NC(CF)c1cccc(-c2cc(COc3ccccc3CC(=O)O)cc3ccoc23)c1. The lowest BCUT2D eigenvalue weighted by atomic mass is 9.97. The zero-order chi connectivity index (χ0) is 26.6. The van der Waals surface area contributed by atoms with Gasteiger partial charge in [0.25, 0.3) is 0 Å². The van der Waals surface area contributed by atoms with E-state index in [0.717, 1.165) is 22.1 Å². The minimum atomic E-state index is -1.43. The molecule has 37 heavy (non-hydrogen) atoms. The second-order valence-electron chi connectivity index (χ2n) is 9.78. The number of halogens is 1. The molecular formula is C29H30FNO5S. The number of furan rings is 1. The Morgan fingerprint density at radius 3 is 2.65 bits per heavy atom. The van der Waals surface area contributed by atoms with E-state index in [-0.39, 0.29) is 13.0 Å². The fourth-order valence-electron chi connectivity index (χ4n) is 3.97. The number of fused-ring (bicyclic) bond motifs is 1. The predicted octanol–water partition coefficient (Wildman–Crippen LogP) is 6.37. The first kappa shape index (κ1) is 26.7. The Bertz CT molecular complexity index is 1380. The maximum absolute atomic E-state index is 14.0. The molecule has 1 aromatic heterocycles. The maximum atomic E-state index is 14.0. The van der Waals surface area contributed by atoms with E-state index in [1.54, 1.807) is 30.5 Å². The van der Waals surface area contributed by atoms with Crippen LogP contribution in [0.1, 0.15) is 43.5 Å². The third-order valence-corrected chi connectivity index (χ3v) is 7.49. The van der Waals surface area contributed by atoms with Crippen LogP contribution in [0.3, 0.4) is 0 Å². The van der Waals surface area contributed by atoms with Gasteiger partial charge in [-0.05, 0) is 67.8 Å². The van der Waals surface area contributed by atoms with Crippen LogP contribution in [0, 0.1) is 0 Å². The van der Waals surface area contributed by atoms with Gasteiger partial charge in [-0.3, -0.25) is 4.79 Å². The van der Waals surface area contributed by atoms with Crippen LogP contribution in [-0.4, -0.2) is 27.1 Å². The standard InChI is InChI=1S/C29H30FNO5S/c1-29(2,3)37(34)31-25(17-30)21-9-6-8-20(15-21)24-14-19(13-23-11-12-35-28(23)24)18-36-26-10-5-4-7-22(26)16-27(32)33/h4-15,25,31H,16-18H2,1-3H3,(H,32,33). The number of carboxylic acid groups (broad SMARTS) is 1. The molecule has 0 aliphatic heterocycles. The predicted molar refractivity (Wildman–Crippen MR) is 144 cm³/mol. The Hall–Kier alpha value is -3.33. The highest BCUT2D eigenvalue weighted by Gasteiger charge is 2.30. The number of hydrogen-bond acceptors (Lipinski definition) is 5. The summed E-state index contributed by atoms with van der Waals surface area (Å²) < 4.78 is 40.8. The van der Waals surface area contributed by atoms with Gasteiger partial charge >= 0.3 is 5.97 Å². The third kappa shape index (κ3) is 6.52. The molecule has 6 nitrogen and oxygen atoms in total. The van der Waals surface area contributed by atoms with Crippen molar-refractivity contribution in [3.63, 3.8) is 0 Å². The summed E-state index contributed by atoms with van der Waals surface area (Å²) in [7, 11) is 0. The zero-order valence-electron chi connectivity index (χ0n) is 21.0. The van der Waals surface area contributed by atoms with Crippen LogP contribution in [0.15, 0.2) is 77.4 Å². The number of carboxylic acids is 1. The average molecular weight is 524 g/mol. The van der Waals surface area contributed by atoms with Crippen molar-refractivity contribution in [2.45, 2.75) is 44.6 Å². The molecule has 0 aliphatic rings. The van der Waals surface area contributed by atoms with Crippen LogP contribution in [0.5, 0.6) is 5.75 Å². The van der Waals surface area contributed by atoms with Crippen LogP contribution >= 0.6 is 0 Å². The van der Waals surface area contributed by atoms with E-state index in [1.807, 2.05) is 63.2 Å². The second kappa shape index (κ2) is 11.4. The summed E-state index contributed by atoms with van der Waals surface area (Å²) in [6, 6.07) is 19.6. The van der Waals surface area contributed by atoms with Gasteiger partial charge in [-0.1, -0.05) is 36.4 Å². The Balaban J connectivity index is 1.64. The lowest BCUT2D eigenvalue weighted by molar-refractivity contribution is -0.136. The summed E-state index contributed by atoms with van der Waals surface area (Å²) in [6.45, 7) is 5.03. The summed E-state index contributed by atoms with van der Waals surface area (Å²) in [5.74, 6) is -0.408. The number of para-hydroxylation sites is 1. The zero-order valence-corrected chi connectivity index (χ0v) is 21.8. The molecule has 0 aliphatic carbocycles. The van der Waals surface area contributed by atoms with Crippen LogP contribution in [-0.2, 0) is 29.2 Å². The molecule has 2 N–H and O–H groups in total. The van der Waals surface area contributed by atoms with E-state index < -0.39 is 34.8 Å². The highest BCUT2D eigenvalue weighted by atomic mass is 32.2. The summed E-state index contributed by atoms with van der Waals surface area (Å²) in [6.07, 6.45) is 1.49. The van der Waals surface area contributed by atoms with E-state index in [0.29, 0.717) is 22.5 Å². The number of alkyl halides is 1. The van der Waals surface area contributed by atoms with Gasteiger partial charge in [0, 0.05) is 27.9 Å². The number of aliphatic carboxylic acids is 1. The molecule has 0 saturated heterocycles. The molecule has 0 saturated carbocycles. The van der Waals surface area contributed by atoms with Crippen molar-refractivity contribution in [2.75, 3.05) is 6.67 Å². The molecule has 2 unspecified atom stereocenters. The third-order valence-electron chi connectivity index (χ3n) is 5.88. The average Bonchev–Trinajstić information content (AvgIpc) is 3.34. The van der Waals surface area contributed by atoms with E-state index in [1.165, 1.54) is 0 Å². The summed E-state index contributed by atoms with van der Waals surface area (Å²) in [5, 5.41) is 10.1. The van der Waals surface area contributed by atoms with Gasteiger partial charge in [-0.15, -0.1) is 4.72 Å². The van der Waals surface area contributed by atoms with E-state index in [2.05, 4.69) is 4.72 Å². The van der Waals surface area contributed by atoms with Crippen molar-refractivity contribution < 1.29 is 28.0 Å². The number of nitrogens with one attached hydrogen (secondary N) is 1. The summed E-state index contributed by atoms with van der Waals surface area (Å²) in [5.41, 5.74) is 4.48. The number of ether oxygens (including phenoxy) is 1.